The van der Waals surface area contributed by atoms with Crippen LogP contribution in [0.25, 0.3) is 0 Å². The smallest absolute Gasteiger partial charge is 0.348 e. The predicted molar refractivity (Wildman–Crippen MR) is 122 cm³/mol. The van der Waals surface area contributed by atoms with Crippen LogP contribution in [0.1, 0.15) is 49.7 Å². The molecule has 3 fully saturated rings. The van der Waals surface area contributed by atoms with Crippen LogP contribution in [0.5, 0.6) is 0 Å². The first kappa shape index (κ1) is 22.1. The van der Waals surface area contributed by atoms with Crippen molar-refractivity contribution in [2.75, 3.05) is 19.9 Å². The third-order valence-electron chi connectivity index (χ3n) is 8.09. The van der Waals surface area contributed by atoms with Crippen LogP contribution in [-0.4, -0.2) is 55.0 Å². The summed E-state index contributed by atoms with van der Waals surface area (Å²) < 4.78 is 18.5. The van der Waals surface area contributed by atoms with Crippen LogP contribution in [0.15, 0.2) is 60.7 Å². The summed E-state index contributed by atoms with van der Waals surface area (Å²) in [5.41, 5.74) is -0.211. The number of nitrogens with zero attached hydrogens (tertiary/aromatic N) is 1. The monoisotopic (exact) mass is 450 g/mol. The lowest BCUT2D eigenvalue weighted by molar-refractivity contribution is -0.956. The molecule has 2 atom stereocenters. The second-order valence-electron chi connectivity index (χ2n) is 9.58. The van der Waals surface area contributed by atoms with E-state index in [2.05, 4.69) is 0 Å². The minimum Gasteiger partial charge on any atom is -0.459 e. The zero-order valence-electron chi connectivity index (χ0n) is 18.9. The van der Waals surface area contributed by atoms with Crippen LogP contribution in [0.3, 0.4) is 0 Å². The lowest BCUT2D eigenvalue weighted by atomic mass is 9.85. The van der Waals surface area contributed by atoms with Gasteiger partial charge in [-0.25, -0.2) is 4.79 Å². The summed E-state index contributed by atoms with van der Waals surface area (Å²) in [5, 5.41) is 0. The quantitative estimate of drug-likeness (QED) is 0.201. The molecule has 2 bridgehead atoms. The zero-order chi connectivity index (χ0) is 22.7. The van der Waals surface area contributed by atoms with Crippen LogP contribution in [0, 0.1) is 0 Å². The number of esters is 1. The molecular weight excluding hydrogens is 418 g/mol. The Labute approximate surface area is 195 Å². The molecular formula is C27H32NO5+. The average Bonchev–Trinajstić information content (AvgIpc) is 3.39. The van der Waals surface area contributed by atoms with Crippen molar-refractivity contribution < 1.29 is 28.3 Å². The molecule has 0 N–H and O–H groups in total. The summed E-state index contributed by atoms with van der Waals surface area (Å²) in [6, 6.07) is 19.8. The van der Waals surface area contributed by atoms with Crippen molar-refractivity contribution in [1.29, 1.82) is 0 Å². The molecule has 3 heterocycles. The van der Waals surface area contributed by atoms with Gasteiger partial charge in [0, 0.05) is 38.5 Å². The minimum atomic E-state index is -1.51. The molecule has 3 aliphatic heterocycles. The van der Waals surface area contributed by atoms with Gasteiger partial charge >= 0.3 is 5.97 Å². The molecule has 33 heavy (non-hydrogen) atoms. The van der Waals surface area contributed by atoms with E-state index in [1.807, 2.05) is 60.7 Å². The first-order chi connectivity index (χ1) is 16.2. The minimum absolute atomic E-state index is 0.123. The van der Waals surface area contributed by atoms with Crippen LogP contribution in [-0.2, 0) is 29.4 Å². The molecule has 2 unspecified atom stereocenters. The van der Waals surface area contributed by atoms with E-state index in [1.54, 1.807) is 0 Å². The highest BCUT2D eigenvalue weighted by atomic mass is 16.7. The van der Waals surface area contributed by atoms with Crippen LogP contribution < -0.4 is 0 Å². The summed E-state index contributed by atoms with van der Waals surface area (Å²) >= 11 is 0. The fraction of sp³-hybridized carbons (Fsp3) is 0.481. The summed E-state index contributed by atoms with van der Waals surface area (Å²) in [6.45, 7) is 2.53. The average molecular weight is 451 g/mol. The number of carbonyl (C=O) groups excluding carboxylic acids is 2. The number of hydrogen-bond acceptors (Lipinski definition) is 5. The number of carbonyl (C=O) groups is 2. The number of piperidine rings is 1. The second kappa shape index (κ2) is 9.27. The third-order valence-corrected chi connectivity index (χ3v) is 8.09. The van der Waals surface area contributed by atoms with E-state index >= 15 is 0 Å². The van der Waals surface area contributed by atoms with Gasteiger partial charge < -0.3 is 18.7 Å². The van der Waals surface area contributed by atoms with Crippen molar-refractivity contribution in [3.05, 3.63) is 71.8 Å². The maximum absolute atomic E-state index is 14.0. The lowest BCUT2D eigenvalue weighted by Gasteiger charge is -2.47. The lowest BCUT2D eigenvalue weighted by Crippen LogP contribution is -2.60. The normalized spacial score (nSPS) is 25.6. The maximum atomic E-state index is 14.0. The molecule has 0 amide bonds. The van der Waals surface area contributed by atoms with Crippen LogP contribution in [0.4, 0.5) is 0 Å². The van der Waals surface area contributed by atoms with Gasteiger partial charge in [0.15, 0.2) is 6.79 Å². The first-order valence-corrected chi connectivity index (χ1v) is 12.1. The van der Waals surface area contributed by atoms with Gasteiger partial charge in [-0.15, -0.1) is 0 Å². The number of quaternary nitrogens is 1. The van der Waals surface area contributed by atoms with Gasteiger partial charge in [-0.05, 0) is 11.1 Å². The van der Waals surface area contributed by atoms with Gasteiger partial charge in [-0.1, -0.05) is 60.7 Å². The number of ether oxygens (including phenoxy) is 3. The molecule has 6 nitrogen and oxygen atoms in total. The molecule has 1 spiro atoms. The summed E-state index contributed by atoms with van der Waals surface area (Å²) in [6.07, 6.45) is 6.78. The van der Waals surface area contributed by atoms with Crippen molar-refractivity contribution in [3.8, 4) is 0 Å². The van der Waals surface area contributed by atoms with Gasteiger partial charge in [0.25, 0.3) is 6.47 Å². The Balaban J connectivity index is 1.45. The van der Waals surface area contributed by atoms with Crippen molar-refractivity contribution in [3.63, 3.8) is 0 Å². The summed E-state index contributed by atoms with van der Waals surface area (Å²) in [5.74, 6) is -0.450. The van der Waals surface area contributed by atoms with Crippen molar-refractivity contribution in [2.24, 2.45) is 0 Å². The molecule has 2 aromatic rings. The molecule has 3 aliphatic rings. The van der Waals surface area contributed by atoms with E-state index in [1.165, 1.54) is 43.3 Å². The van der Waals surface area contributed by atoms with E-state index in [-0.39, 0.29) is 12.9 Å². The van der Waals surface area contributed by atoms with Gasteiger partial charge in [0.1, 0.15) is 6.10 Å². The molecule has 174 valence electrons. The molecule has 2 aromatic carbocycles. The Morgan fingerprint density at radius 2 is 1.45 bits per heavy atom. The Kier molecular flexibility index (Phi) is 6.21. The fourth-order valence-corrected chi connectivity index (χ4v) is 6.66. The van der Waals surface area contributed by atoms with Gasteiger partial charge in [-0.3, -0.25) is 4.79 Å². The number of benzene rings is 2. The highest BCUT2D eigenvalue weighted by Gasteiger charge is 2.56. The second-order valence-corrected chi connectivity index (χ2v) is 9.58. The van der Waals surface area contributed by atoms with Gasteiger partial charge in [-0.2, -0.15) is 0 Å². The number of rotatable bonds is 8. The Hall–Kier alpha value is -2.70. The van der Waals surface area contributed by atoms with Crippen molar-refractivity contribution in [2.45, 2.75) is 62.3 Å². The van der Waals surface area contributed by atoms with E-state index in [4.69, 9.17) is 14.2 Å². The third kappa shape index (κ3) is 3.85. The molecule has 6 heteroatoms. The highest BCUT2D eigenvalue weighted by Crippen LogP contribution is 2.47. The molecule has 0 radical (unpaired) electrons. The highest BCUT2D eigenvalue weighted by molar-refractivity contribution is 5.86. The predicted octanol–water partition coefficient (Wildman–Crippen LogP) is 3.92. The zero-order valence-corrected chi connectivity index (χ0v) is 18.9. The first-order valence-electron chi connectivity index (χ1n) is 12.1. The van der Waals surface area contributed by atoms with Gasteiger partial charge in [0.2, 0.25) is 5.60 Å². The van der Waals surface area contributed by atoms with Crippen molar-refractivity contribution >= 4 is 12.4 Å². The molecule has 0 saturated carbocycles. The van der Waals surface area contributed by atoms with Crippen molar-refractivity contribution in [1.82, 2.24) is 0 Å². The summed E-state index contributed by atoms with van der Waals surface area (Å²) in [4.78, 5) is 24.8. The summed E-state index contributed by atoms with van der Waals surface area (Å²) in [7, 11) is 0. The number of hydrogen-bond donors (Lipinski definition) is 0. The SMILES string of the molecule is O=COCOC(C(=O)OC1CC2CCC(C1)[N+]21CCCC1)(c1ccccc1)c1ccccc1. The topological polar surface area (TPSA) is 61.8 Å². The van der Waals surface area contributed by atoms with E-state index in [0.29, 0.717) is 29.7 Å². The van der Waals surface area contributed by atoms with Crippen LogP contribution in [0.2, 0.25) is 0 Å². The van der Waals surface area contributed by atoms with Crippen LogP contribution >= 0.6 is 0 Å². The maximum Gasteiger partial charge on any atom is 0.348 e. The largest absolute Gasteiger partial charge is 0.459 e. The molecule has 0 aromatic heterocycles. The van der Waals surface area contributed by atoms with E-state index in [9.17, 15) is 9.59 Å². The van der Waals surface area contributed by atoms with E-state index in [0.717, 1.165) is 12.8 Å². The molecule has 3 saturated heterocycles. The Morgan fingerprint density at radius 3 is 1.97 bits per heavy atom. The Bertz CT molecular complexity index is 901. The fourth-order valence-electron chi connectivity index (χ4n) is 6.66. The molecule has 0 aliphatic carbocycles. The van der Waals surface area contributed by atoms with E-state index < -0.39 is 11.6 Å². The Morgan fingerprint density at radius 1 is 0.909 bits per heavy atom. The molecule has 5 rings (SSSR count). The standard InChI is InChI=1S/C27H32NO5/c29-19-31-20-32-27(21-9-3-1-4-10-21,22-11-5-2-6-12-22)26(30)33-25-17-23-13-14-24(18-25)28(23)15-7-8-16-28/h1-6,9-12,19,23-25H,7-8,13-18,20H2/q+1. The van der Waals surface area contributed by atoms with Gasteiger partial charge in [0.05, 0.1) is 25.2 Å².